The Morgan fingerprint density at radius 1 is 1.11 bits per heavy atom. The minimum atomic E-state index is -0.336. The van der Waals surface area contributed by atoms with Crippen molar-refractivity contribution >= 4 is 22.0 Å². The molecule has 0 saturated carbocycles. The molecule has 1 unspecified atom stereocenters. The number of allylic oxidation sites excluding steroid dienone is 1. The average molecular weight is 482 g/mol. The first-order valence-electron chi connectivity index (χ1n) is 12.7. The lowest BCUT2D eigenvalue weighted by atomic mass is 9.85. The molecule has 0 aliphatic carbocycles. The molecule has 4 aromatic rings. The highest BCUT2D eigenvalue weighted by Gasteiger charge is 2.31. The molecule has 3 aromatic carbocycles. The molecule has 1 saturated heterocycles. The van der Waals surface area contributed by atoms with Crippen molar-refractivity contribution in [1.82, 2.24) is 15.1 Å². The molecule has 2 atom stereocenters. The lowest BCUT2D eigenvalue weighted by molar-refractivity contribution is 0.172. The van der Waals surface area contributed by atoms with E-state index in [1.807, 2.05) is 36.5 Å². The zero-order valence-corrected chi connectivity index (χ0v) is 20.7. The summed E-state index contributed by atoms with van der Waals surface area (Å²) >= 11 is 0. The molecule has 0 bridgehead atoms. The van der Waals surface area contributed by atoms with Gasteiger partial charge >= 0.3 is 0 Å². The monoisotopic (exact) mass is 481 g/mol. The zero-order chi connectivity index (χ0) is 24.6. The van der Waals surface area contributed by atoms with Crippen molar-refractivity contribution in [1.29, 1.82) is 0 Å². The molecule has 0 radical (unpaired) electrons. The maximum atomic E-state index is 10.2. The summed E-state index contributed by atoms with van der Waals surface area (Å²) in [5, 5.41) is 18.4. The van der Waals surface area contributed by atoms with Crippen LogP contribution in [0.4, 0.5) is 0 Å². The van der Waals surface area contributed by atoms with Gasteiger partial charge in [-0.3, -0.25) is 10.00 Å². The number of likely N-dealkylation sites (tertiary alicyclic amines) is 1. The number of hydrogen-bond acceptors (Lipinski definition) is 5. The van der Waals surface area contributed by atoms with Crippen LogP contribution in [0.1, 0.15) is 49.5 Å². The van der Waals surface area contributed by atoms with Crippen molar-refractivity contribution in [2.45, 2.75) is 38.8 Å². The Kier molecular flexibility index (Phi) is 5.89. The highest BCUT2D eigenvalue weighted by atomic mass is 16.5. The highest BCUT2D eigenvalue weighted by molar-refractivity contribution is 6.00. The van der Waals surface area contributed by atoms with Crippen molar-refractivity contribution < 1.29 is 14.6 Å². The number of benzene rings is 3. The van der Waals surface area contributed by atoms with Gasteiger partial charge in [0.2, 0.25) is 0 Å². The van der Waals surface area contributed by atoms with Crippen LogP contribution in [0, 0.1) is 0 Å². The molecular formula is C30H31N3O3. The van der Waals surface area contributed by atoms with E-state index in [9.17, 15) is 5.11 Å². The minimum Gasteiger partial charge on any atom is -0.508 e. The second kappa shape index (κ2) is 9.36. The van der Waals surface area contributed by atoms with Gasteiger partial charge in [0.15, 0.2) is 0 Å². The number of fused-ring (bicyclic) bond motifs is 3. The molecule has 6 nitrogen and oxygen atoms in total. The largest absolute Gasteiger partial charge is 0.508 e. The van der Waals surface area contributed by atoms with Gasteiger partial charge in [0, 0.05) is 17.2 Å². The Hall–Kier alpha value is -3.77. The average Bonchev–Trinajstić information content (AvgIpc) is 3.60. The number of phenolic OH excluding ortho intramolecular Hbond substituents is 1. The SMILES string of the molecule is CC1=C(c2cccc(O)c2)C(c2ccc(OC[C@H](C)N3CCCC3)cc2)Oc2c1ccc1[nH]ncc21. The molecule has 2 N–H and O–H groups in total. The van der Waals surface area contributed by atoms with E-state index in [2.05, 4.69) is 47.1 Å². The number of nitrogens with one attached hydrogen (secondary N) is 1. The predicted molar refractivity (Wildman–Crippen MR) is 142 cm³/mol. The molecule has 0 spiro atoms. The molecular weight excluding hydrogens is 450 g/mol. The summed E-state index contributed by atoms with van der Waals surface area (Å²) in [6, 6.07) is 20.1. The maximum Gasteiger partial charge on any atom is 0.150 e. The van der Waals surface area contributed by atoms with Crippen molar-refractivity contribution in [3.05, 3.63) is 83.6 Å². The molecule has 6 rings (SSSR count). The summed E-state index contributed by atoms with van der Waals surface area (Å²) in [5.74, 6) is 1.92. The van der Waals surface area contributed by atoms with Crippen LogP contribution in [0.15, 0.2) is 66.9 Å². The summed E-state index contributed by atoms with van der Waals surface area (Å²) < 4.78 is 12.9. The Bertz CT molecular complexity index is 1420. The lowest BCUT2D eigenvalue weighted by Gasteiger charge is -2.31. The Morgan fingerprint density at radius 2 is 1.92 bits per heavy atom. The van der Waals surface area contributed by atoms with E-state index >= 15 is 0 Å². The summed E-state index contributed by atoms with van der Waals surface area (Å²) in [6.07, 6.45) is 4.04. The minimum absolute atomic E-state index is 0.235. The fraction of sp³-hybridized carbons (Fsp3) is 0.300. The second-order valence-electron chi connectivity index (χ2n) is 9.83. The van der Waals surface area contributed by atoms with Crippen molar-refractivity contribution in [2.75, 3.05) is 19.7 Å². The number of ether oxygens (including phenoxy) is 2. The van der Waals surface area contributed by atoms with Crippen LogP contribution in [-0.2, 0) is 0 Å². The predicted octanol–water partition coefficient (Wildman–Crippen LogP) is 6.20. The quantitative estimate of drug-likeness (QED) is 0.343. The molecule has 2 aliphatic heterocycles. The van der Waals surface area contributed by atoms with Crippen molar-refractivity contribution in [3.8, 4) is 17.2 Å². The van der Waals surface area contributed by atoms with Gasteiger partial charge in [0.25, 0.3) is 0 Å². The summed E-state index contributed by atoms with van der Waals surface area (Å²) in [7, 11) is 0. The fourth-order valence-corrected chi connectivity index (χ4v) is 5.45. The number of rotatable bonds is 6. The van der Waals surface area contributed by atoms with E-state index in [0.717, 1.165) is 63.3 Å². The van der Waals surface area contributed by atoms with Crippen LogP contribution in [0.5, 0.6) is 17.2 Å². The number of phenols is 1. The Morgan fingerprint density at radius 3 is 2.69 bits per heavy atom. The maximum absolute atomic E-state index is 10.2. The van der Waals surface area contributed by atoms with E-state index in [1.54, 1.807) is 12.1 Å². The van der Waals surface area contributed by atoms with E-state index in [1.165, 1.54) is 12.8 Å². The normalized spacial score (nSPS) is 18.8. The number of aromatic hydroxyl groups is 1. The van der Waals surface area contributed by atoms with Crippen LogP contribution in [0.3, 0.4) is 0 Å². The third kappa shape index (κ3) is 4.11. The number of H-pyrrole nitrogens is 1. The third-order valence-corrected chi connectivity index (χ3v) is 7.48. The molecule has 0 amide bonds. The fourth-order valence-electron chi connectivity index (χ4n) is 5.45. The highest BCUT2D eigenvalue weighted by Crippen LogP contribution is 2.49. The number of nitrogens with zero attached hydrogens (tertiary/aromatic N) is 2. The topological polar surface area (TPSA) is 70.6 Å². The number of aromatic amines is 1. The van der Waals surface area contributed by atoms with E-state index < -0.39 is 0 Å². The van der Waals surface area contributed by atoms with Crippen LogP contribution in [0.25, 0.3) is 22.0 Å². The first kappa shape index (κ1) is 22.7. The molecule has 2 aliphatic rings. The van der Waals surface area contributed by atoms with Crippen molar-refractivity contribution in [3.63, 3.8) is 0 Å². The van der Waals surface area contributed by atoms with Gasteiger partial charge in [0.05, 0.1) is 17.1 Å². The third-order valence-electron chi connectivity index (χ3n) is 7.48. The van der Waals surface area contributed by atoms with Gasteiger partial charge in [0.1, 0.15) is 30.0 Å². The molecule has 6 heteroatoms. The van der Waals surface area contributed by atoms with Crippen LogP contribution >= 0.6 is 0 Å². The van der Waals surface area contributed by atoms with Crippen molar-refractivity contribution in [2.24, 2.45) is 0 Å². The summed E-state index contributed by atoms with van der Waals surface area (Å²) in [5.41, 5.74) is 6.10. The Labute approximate surface area is 211 Å². The molecule has 36 heavy (non-hydrogen) atoms. The smallest absolute Gasteiger partial charge is 0.150 e. The first-order chi connectivity index (χ1) is 17.6. The molecule has 1 fully saturated rings. The first-order valence-corrected chi connectivity index (χ1v) is 12.7. The van der Waals surface area contributed by atoms with Gasteiger partial charge < -0.3 is 14.6 Å². The molecule has 1 aromatic heterocycles. The van der Waals surface area contributed by atoms with Gasteiger partial charge in [-0.05, 0) is 92.9 Å². The van der Waals surface area contributed by atoms with E-state index in [4.69, 9.17) is 9.47 Å². The van der Waals surface area contributed by atoms with Crippen LogP contribution in [-0.4, -0.2) is 45.9 Å². The zero-order valence-electron chi connectivity index (χ0n) is 20.7. The standard InChI is InChI=1S/C30H31N3O3/c1-19(33-14-3-4-15-33)18-35-24-10-8-21(9-11-24)29-28(22-6-5-7-23(34)16-22)20(2)25-12-13-27-26(17-31-32-27)30(25)36-29/h5-13,16-17,19,29,34H,3-4,14-15,18H2,1-2H3,(H,31,32)/t19-,29?/m0/s1. The van der Waals surface area contributed by atoms with Gasteiger partial charge in [-0.25, -0.2) is 0 Å². The summed E-state index contributed by atoms with van der Waals surface area (Å²) in [6.45, 7) is 7.36. The lowest BCUT2D eigenvalue weighted by Crippen LogP contribution is -2.34. The van der Waals surface area contributed by atoms with Crippen LogP contribution in [0.2, 0.25) is 0 Å². The number of aromatic nitrogens is 2. The van der Waals surface area contributed by atoms with Gasteiger partial charge in [-0.2, -0.15) is 5.10 Å². The van der Waals surface area contributed by atoms with Gasteiger partial charge in [-0.1, -0.05) is 24.3 Å². The van der Waals surface area contributed by atoms with E-state index in [0.29, 0.717) is 12.6 Å². The second-order valence-corrected chi connectivity index (χ2v) is 9.83. The van der Waals surface area contributed by atoms with E-state index in [-0.39, 0.29) is 11.9 Å². The number of hydrogen-bond donors (Lipinski definition) is 2. The summed E-state index contributed by atoms with van der Waals surface area (Å²) in [4.78, 5) is 2.49. The van der Waals surface area contributed by atoms with Gasteiger partial charge in [-0.15, -0.1) is 0 Å². The van der Waals surface area contributed by atoms with Crippen LogP contribution < -0.4 is 9.47 Å². The Balaban J connectivity index is 1.34. The molecule has 3 heterocycles. The molecule has 184 valence electrons.